The molecule has 1 saturated heterocycles. The van der Waals surface area contributed by atoms with Gasteiger partial charge in [0.2, 0.25) is 15.9 Å². The van der Waals surface area contributed by atoms with Crippen LogP contribution < -0.4 is 5.32 Å². The number of amides is 1. The highest BCUT2D eigenvalue weighted by molar-refractivity contribution is 7.89. The van der Waals surface area contributed by atoms with Crippen LogP contribution in [-0.2, 0) is 21.4 Å². The summed E-state index contributed by atoms with van der Waals surface area (Å²) in [6, 6.07) is -0.366. The van der Waals surface area contributed by atoms with E-state index < -0.39 is 10.0 Å². The average Bonchev–Trinajstić information content (AvgIpc) is 3.24. The number of sulfonamides is 1. The van der Waals surface area contributed by atoms with Gasteiger partial charge in [-0.15, -0.1) is 0 Å². The number of hydrogen-bond acceptors (Lipinski definition) is 6. The van der Waals surface area contributed by atoms with Gasteiger partial charge in [-0.2, -0.15) is 9.40 Å². The van der Waals surface area contributed by atoms with Crippen LogP contribution in [0.25, 0.3) is 0 Å². The van der Waals surface area contributed by atoms with Crippen molar-refractivity contribution in [1.29, 1.82) is 0 Å². The Morgan fingerprint density at radius 3 is 2.96 bits per heavy atom. The first-order valence-corrected chi connectivity index (χ1v) is 8.98. The molecule has 2 N–H and O–H groups in total. The number of carbonyl (C=O) groups excluding carboxylic acids is 1. The molecule has 128 valence electrons. The van der Waals surface area contributed by atoms with Crippen molar-refractivity contribution < 1.29 is 13.2 Å². The van der Waals surface area contributed by atoms with E-state index in [1.165, 1.54) is 23.6 Å². The fraction of sp³-hybridized carbons (Fsp3) is 0.429. The van der Waals surface area contributed by atoms with Gasteiger partial charge in [0, 0.05) is 19.7 Å². The largest absolute Gasteiger partial charge is 0.351 e. The van der Waals surface area contributed by atoms with E-state index in [1.807, 2.05) is 0 Å². The molecule has 1 amide bonds. The summed E-state index contributed by atoms with van der Waals surface area (Å²) in [5.41, 5.74) is 1.18. The zero-order valence-corrected chi connectivity index (χ0v) is 14.0. The van der Waals surface area contributed by atoms with Crippen molar-refractivity contribution in [2.45, 2.75) is 37.2 Å². The summed E-state index contributed by atoms with van der Waals surface area (Å²) in [5, 5.41) is 8.90. The van der Waals surface area contributed by atoms with Crippen LogP contribution in [0.3, 0.4) is 0 Å². The molecule has 9 nitrogen and oxygen atoms in total. The Hall–Kier alpha value is -2.33. The molecule has 0 aliphatic carbocycles. The van der Waals surface area contributed by atoms with E-state index in [0.717, 1.165) is 6.42 Å². The van der Waals surface area contributed by atoms with Crippen molar-refractivity contribution in [3.8, 4) is 0 Å². The van der Waals surface area contributed by atoms with Crippen molar-refractivity contribution in [1.82, 2.24) is 29.8 Å². The normalized spacial score (nSPS) is 18.6. The minimum Gasteiger partial charge on any atom is -0.351 e. The molecule has 0 spiro atoms. The van der Waals surface area contributed by atoms with Gasteiger partial charge in [-0.3, -0.25) is 19.9 Å². The maximum absolute atomic E-state index is 12.7. The summed E-state index contributed by atoms with van der Waals surface area (Å²) in [4.78, 5) is 19.8. The van der Waals surface area contributed by atoms with Gasteiger partial charge in [-0.25, -0.2) is 8.42 Å². The molecule has 2 aromatic rings. The van der Waals surface area contributed by atoms with Crippen LogP contribution in [0.4, 0.5) is 0 Å². The smallest absolute Gasteiger partial charge is 0.246 e. The zero-order chi connectivity index (χ0) is 17.2. The maximum Gasteiger partial charge on any atom is 0.246 e. The van der Waals surface area contributed by atoms with E-state index in [4.69, 9.17) is 0 Å². The summed E-state index contributed by atoms with van der Waals surface area (Å²) >= 11 is 0. The van der Waals surface area contributed by atoms with Gasteiger partial charge in [0.1, 0.15) is 4.90 Å². The second-order valence-electron chi connectivity index (χ2n) is 5.55. The van der Waals surface area contributed by atoms with Gasteiger partial charge >= 0.3 is 0 Å². The average molecular weight is 350 g/mol. The SMILES string of the molecule is CC(=O)NCc1cncc(C2CCCN2S(=O)(=O)c2cn[nH]c2)n1. The number of aromatic amines is 1. The van der Waals surface area contributed by atoms with Crippen molar-refractivity contribution in [2.75, 3.05) is 6.54 Å². The van der Waals surface area contributed by atoms with Gasteiger partial charge in [0.25, 0.3) is 0 Å². The number of H-pyrrole nitrogens is 1. The number of rotatable bonds is 5. The molecule has 0 bridgehead atoms. The van der Waals surface area contributed by atoms with Gasteiger partial charge in [0.05, 0.1) is 42.6 Å². The lowest BCUT2D eigenvalue weighted by molar-refractivity contribution is -0.119. The summed E-state index contributed by atoms with van der Waals surface area (Å²) in [6.45, 7) is 2.11. The van der Waals surface area contributed by atoms with Crippen LogP contribution in [-0.4, -0.2) is 45.3 Å². The number of aromatic nitrogens is 4. The van der Waals surface area contributed by atoms with Crippen molar-refractivity contribution >= 4 is 15.9 Å². The molecule has 1 aliphatic heterocycles. The zero-order valence-electron chi connectivity index (χ0n) is 13.1. The molecular formula is C14H18N6O3S. The minimum absolute atomic E-state index is 0.136. The highest BCUT2D eigenvalue weighted by Crippen LogP contribution is 2.35. The van der Waals surface area contributed by atoms with Crippen LogP contribution in [0, 0.1) is 0 Å². The molecule has 3 heterocycles. The summed E-state index contributed by atoms with van der Waals surface area (Å²) < 4.78 is 26.9. The van der Waals surface area contributed by atoms with E-state index >= 15 is 0 Å². The molecule has 1 unspecified atom stereocenters. The lowest BCUT2D eigenvalue weighted by Crippen LogP contribution is -2.31. The molecule has 24 heavy (non-hydrogen) atoms. The molecule has 1 aliphatic rings. The van der Waals surface area contributed by atoms with Crippen LogP contribution in [0.5, 0.6) is 0 Å². The molecule has 2 aromatic heterocycles. The molecule has 3 rings (SSSR count). The monoisotopic (exact) mass is 350 g/mol. The standard InChI is InChI=1S/C14H18N6O3S/c1-10(21)16-6-11-5-15-9-13(19-11)14-3-2-4-20(14)24(22,23)12-7-17-18-8-12/h5,7-9,14H,2-4,6H2,1H3,(H,16,21)(H,17,18). The predicted molar refractivity (Wildman–Crippen MR) is 84.0 cm³/mol. The number of nitrogens with zero attached hydrogens (tertiary/aromatic N) is 4. The summed E-state index contributed by atoms with van der Waals surface area (Å²) in [6.07, 6.45) is 7.22. The fourth-order valence-corrected chi connectivity index (χ4v) is 4.30. The fourth-order valence-electron chi connectivity index (χ4n) is 2.72. The maximum atomic E-state index is 12.7. The number of nitrogens with one attached hydrogen (secondary N) is 2. The number of carbonyl (C=O) groups is 1. The Morgan fingerprint density at radius 2 is 2.25 bits per heavy atom. The molecule has 0 saturated carbocycles. The van der Waals surface area contributed by atoms with Crippen LogP contribution >= 0.6 is 0 Å². The first-order valence-electron chi connectivity index (χ1n) is 7.54. The Kier molecular flexibility index (Phi) is 4.58. The molecule has 1 atom stereocenters. The van der Waals surface area contributed by atoms with Crippen molar-refractivity contribution in [3.05, 3.63) is 36.2 Å². The topological polar surface area (TPSA) is 121 Å². The minimum atomic E-state index is -3.63. The van der Waals surface area contributed by atoms with E-state index in [0.29, 0.717) is 24.4 Å². The van der Waals surface area contributed by atoms with Crippen LogP contribution in [0.15, 0.2) is 29.7 Å². The lowest BCUT2D eigenvalue weighted by atomic mass is 10.2. The van der Waals surface area contributed by atoms with E-state index in [2.05, 4.69) is 25.5 Å². The first-order chi connectivity index (χ1) is 11.5. The second-order valence-corrected chi connectivity index (χ2v) is 7.44. The third kappa shape index (κ3) is 3.29. The van der Waals surface area contributed by atoms with Gasteiger partial charge in [-0.05, 0) is 12.8 Å². The molecule has 0 aromatic carbocycles. The number of hydrogen-bond donors (Lipinski definition) is 2. The molecular weight excluding hydrogens is 332 g/mol. The highest BCUT2D eigenvalue weighted by Gasteiger charge is 2.37. The van der Waals surface area contributed by atoms with Gasteiger partial charge in [0.15, 0.2) is 0 Å². The van der Waals surface area contributed by atoms with Crippen LogP contribution in [0.2, 0.25) is 0 Å². The second kappa shape index (κ2) is 6.65. The third-order valence-corrected chi connectivity index (χ3v) is 5.72. The third-order valence-electron chi connectivity index (χ3n) is 3.85. The van der Waals surface area contributed by atoms with E-state index in [-0.39, 0.29) is 23.4 Å². The van der Waals surface area contributed by atoms with Gasteiger partial charge < -0.3 is 5.32 Å². The summed E-state index contributed by atoms with van der Waals surface area (Å²) in [5.74, 6) is -0.160. The van der Waals surface area contributed by atoms with E-state index in [1.54, 1.807) is 12.4 Å². The molecule has 1 fully saturated rings. The molecule has 0 radical (unpaired) electrons. The lowest BCUT2D eigenvalue weighted by Gasteiger charge is -2.23. The predicted octanol–water partition coefficient (Wildman–Crippen LogP) is 0.362. The first kappa shape index (κ1) is 16.5. The Labute approximate surface area is 139 Å². The highest BCUT2D eigenvalue weighted by atomic mass is 32.2. The van der Waals surface area contributed by atoms with Crippen molar-refractivity contribution in [2.24, 2.45) is 0 Å². The van der Waals surface area contributed by atoms with E-state index in [9.17, 15) is 13.2 Å². The Balaban J connectivity index is 1.86. The Morgan fingerprint density at radius 1 is 1.42 bits per heavy atom. The Bertz CT molecular complexity index is 821. The quantitative estimate of drug-likeness (QED) is 0.803. The summed E-state index contributed by atoms with van der Waals surface area (Å²) in [7, 11) is -3.63. The van der Waals surface area contributed by atoms with Gasteiger partial charge in [-0.1, -0.05) is 0 Å². The van der Waals surface area contributed by atoms with Crippen LogP contribution in [0.1, 0.15) is 37.2 Å². The van der Waals surface area contributed by atoms with Crippen molar-refractivity contribution in [3.63, 3.8) is 0 Å². The molecule has 10 heteroatoms.